The number of imidazole rings is 1. The maximum Gasteiger partial charge on any atom is 0.0921 e. The van der Waals surface area contributed by atoms with Gasteiger partial charge >= 0.3 is 0 Å². The molecular formula is C12H10N4S. The first-order valence-corrected chi connectivity index (χ1v) is 6.03. The highest BCUT2D eigenvalue weighted by Gasteiger charge is 2.07. The van der Waals surface area contributed by atoms with E-state index in [0.717, 1.165) is 28.4 Å². The Kier molecular flexibility index (Phi) is 2.75. The second kappa shape index (κ2) is 4.55. The molecule has 2 heterocycles. The van der Waals surface area contributed by atoms with Crippen molar-refractivity contribution >= 4 is 29.6 Å². The molecule has 1 aromatic carbocycles. The van der Waals surface area contributed by atoms with E-state index in [1.807, 2.05) is 30.5 Å². The number of H-pyrrole nitrogens is 1. The van der Waals surface area contributed by atoms with Gasteiger partial charge in [-0.05, 0) is 12.1 Å². The van der Waals surface area contributed by atoms with Gasteiger partial charge in [-0.1, -0.05) is 12.1 Å². The van der Waals surface area contributed by atoms with Crippen LogP contribution in [-0.2, 0) is 6.42 Å². The summed E-state index contributed by atoms with van der Waals surface area (Å²) in [6.07, 6.45) is 6.02. The van der Waals surface area contributed by atoms with E-state index in [1.165, 1.54) is 11.9 Å². The van der Waals surface area contributed by atoms with E-state index in [0.29, 0.717) is 0 Å². The van der Waals surface area contributed by atoms with Crippen LogP contribution < -0.4 is 0 Å². The molecule has 1 aromatic heterocycles. The van der Waals surface area contributed by atoms with Gasteiger partial charge in [0.15, 0.2) is 0 Å². The van der Waals surface area contributed by atoms with Gasteiger partial charge in [0.2, 0.25) is 0 Å². The van der Waals surface area contributed by atoms with Crippen molar-refractivity contribution in [1.82, 2.24) is 9.97 Å². The number of hydrogen-bond acceptors (Lipinski definition) is 4. The summed E-state index contributed by atoms with van der Waals surface area (Å²) in [7, 11) is 0. The number of nitrogens with one attached hydrogen (secondary N) is 1. The van der Waals surface area contributed by atoms with Gasteiger partial charge in [-0.2, -0.15) is 0 Å². The number of aromatic nitrogens is 2. The molecule has 1 N–H and O–H groups in total. The predicted octanol–water partition coefficient (Wildman–Crippen LogP) is 2.82. The Morgan fingerprint density at radius 3 is 3.06 bits per heavy atom. The normalized spacial score (nSPS) is 14.0. The molecule has 0 fully saturated rings. The highest BCUT2D eigenvalue weighted by atomic mass is 32.2. The number of para-hydroxylation sites is 1. The fraction of sp³-hybridized carbons (Fsp3) is 0.0833. The van der Waals surface area contributed by atoms with E-state index in [4.69, 9.17) is 0 Å². The van der Waals surface area contributed by atoms with Crippen LogP contribution in [0.4, 0.5) is 5.69 Å². The SMILES string of the molecule is C1=Nc2ccccc2SN=C1Cc1cnc[nH]1. The average molecular weight is 242 g/mol. The summed E-state index contributed by atoms with van der Waals surface area (Å²) < 4.78 is 4.48. The number of rotatable bonds is 2. The molecule has 2 aromatic rings. The Bertz CT molecular complexity index is 572. The number of aromatic amines is 1. The molecule has 0 bridgehead atoms. The molecule has 0 radical (unpaired) electrons. The number of hydrogen-bond donors (Lipinski definition) is 1. The van der Waals surface area contributed by atoms with Gasteiger partial charge in [0.25, 0.3) is 0 Å². The molecular weight excluding hydrogens is 232 g/mol. The van der Waals surface area contributed by atoms with E-state index >= 15 is 0 Å². The second-order valence-electron chi connectivity index (χ2n) is 3.65. The quantitative estimate of drug-likeness (QED) is 0.823. The standard InChI is InChI=1S/C12H10N4S/c1-2-4-12-11(3-1)14-7-10(16-17-12)5-9-6-13-8-15-9/h1-4,6-8H,5H2,(H,13,15). The van der Waals surface area contributed by atoms with Crippen LogP contribution in [0.15, 0.2) is 51.1 Å². The van der Waals surface area contributed by atoms with E-state index in [-0.39, 0.29) is 0 Å². The average Bonchev–Trinajstić information content (AvgIpc) is 2.78. The van der Waals surface area contributed by atoms with Crippen molar-refractivity contribution in [3.05, 3.63) is 42.5 Å². The number of benzene rings is 1. The molecule has 1 aliphatic heterocycles. The fourth-order valence-electron chi connectivity index (χ4n) is 1.57. The van der Waals surface area contributed by atoms with E-state index in [2.05, 4.69) is 19.4 Å². The molecule has 84 valence electrons. The van der Waals surface area contributed by atoms with Crippen LogP contribution in [0.25, 0.3) is 0 Å². The first kappa shape index (κ1) is 10.3. The molecule has 0 atom stereocenters. The molecule has 0 amide bonds. The lowest BCUT2D eigenvalue weighted by Crippen LogP contribution is -2.03. The van der Waals surface area contributed by atoms with Crippen LogP contribution in [-0.4, -0.2) is 21.9 Å². The first-order valence-electron chi connectivity index (χ1n) is 5.26. The van der Waals surface area contributed by atoms with Gasteiger partial charge in [-0.25, -0.2) is 9.38 Å². The van der Waals surface area contributed by atoms with Crippen LogP contribution in [0.5, 0.6) is 0 Å². The van der Waals surface area contributed by atoms with Gasteiger partial charge in [-0.3, -0.25) is 4.99 Å². The Morgan fingerprint density at radius 1 is 1.24 bits per heavy atom. The molecule has 0 saturated carbocycles. The van der Waals surface area contributed by atoms with Crippen molar-refractivity contribution in [2.75, 3.05) is 0 Å². The number of nitrogens with zero attached hydrogens (tertiary/aromatic N) is 3. The van der Waals surface area contributed by atoms with Crippen LogP contribution in [0.2, 0.25) is 0 Å². The predicted molar refractivity (Wildman–Crippen MR) is 70.2 cm³/mol. The summed E-state index contributed by atoms with van der Waals surface area (Å²) in [6, 6.07) is 8.00. The molecule has 3 rings (SSSR count). The van der Waals surface area contributed by atoms with E-state index in [1.54, 1.807) is 12.5 Å². The summed E-state index contributed by atoms with van der Waals surface area (Å²) in [5, 5.41) is 0. The minimum Gasteiger partial charge on any atom is -0.348 e. The Morgan fingerprint density at radius 2 is 2.18 bits per heavy atom. The summed E-state index contributed by atoms with van der Waals surface area (Å²) in [6.45, 7) is 0. The molecule has 5 heteroatoms. The zero-order valence-electron chi connectivity index (χ0n) is 9.00. The minimum absolute atomic E-state index is 0.727. The van der Waals surface area contributed by atoms with Crippen molar-refractivity contribution in [2.45, 2.75) is 11.3 Å². The first-order chi connectivity index (χ1) is 8.42. The summed E-state index contributed by atoms with van der Waals surface area (Å²) in [5.41, 5.74) is 2.96. The molecule has 0 unspecified atom stereocenters. The largest absolute Gasteiger partial charge is 0.348 e. The fourth-order valence-corrected chi connectivity index (χ4v) is 2.25. The van der Waals surface area contributed by atoms with E-state index in [9.17, 15) is 0 Å². The zero-order chi connectivity index (χ0) is 11.5. The maximum atomic E-state index is 4.48. The van der Waals surface area contributed by atoms with E-state index < -0.39 is 0 Å². The third kappa shape index (κ3) is 2.29. The zero-order valence-corrected chi connectivity index (χ0v) is 9.81. The highest BCUT2D eigenvalue weighted by Crippen LogP contribution is 2.31. The highest BCUT2D eigenvalue weighted by molar-refractivity contribution is 7.98. The van der Waals surface area contributed by atoms with Crippen LogP contribution >= 0.6 is 11.9 Å². The van der Waals surface area contributed by atoms with Crippen molar-refractivity contribution in [3.63, 3.8) is 0 Å². The third-order valence-electron chi connectivity index (χ3n) is 2.41. The summed E-state index contributed by atoms with van der Waals surface area (Å²) in [5.74, 6) is 0. The smallest absolute Gasteiger partial charge is 0.0921 e. The lowest BCUT2D eigenvalue weighted by Gasteiger charge is -1.97. The topological polar surface area (TPSA) is 53.4 Å². The van der Waals surface area contributed by atoms with Gasteiger partial charge in [0, 0.05) is 30.3 Å². The van der Waals surface area contributed by atoms with Gasteiger partial charge in [-0.15, -0.1) is 0 Å². The van der Waals surface area contributed by atoms with Crippen LogP contribution in [0.3, 0.4) is 0 Å². The summed E-state index contributed by atoms with van der Waals surface area (Å²) in [4.78, 5) is 12.6. The van der Waals surface area contributed by atoms with Gasteiger partial charge < -0.3 is 4.98 Å². The van der Waals surface area contributed by atoms with Crippen molar-refractivity contribution < 1.29 is 0 Å². The molecule has 0 spiro atoms. The Hall–Kier alpha value is -1.88. The number of aliphatic imine (C=N–C) groups is 1. The third-order valence-corrected chi connectivity index (χ3v) is 3.27. The minimum atomic E-state index is 0.727. The van der Waals surface area contributed by atoms with Gasteiger partial charge in [0.1, 0.15) is 0 Å². The monoisotopic (exact) mass is 242 g/mol. The van der Waals surface area contributed by atoms with Gasteiger partial charge in [0.05, 0.1) is 28.8 Å². The molecule has 17 heavy (non-hydrogen) atoms. The van der Waals surface area contributed by atoms with Crippen molar-refractivity contribution in [1.29, 1.82) is 0 Å². The lowest BCUT2D eigenvalue weighted by molar-refractivity contribution is 1.20. The lowest BCUT2D eigenvalue weighted by atomic mass is 10.2. The van der Waals surface area contributed by atoms with Crippen molar-refractivity contribution in [2.24, 2.45) is 9.39 Å². The van der Waals surface area contributed by atoms with Crippen molar-refractivity contribution in [3.8, 4) is 0 Å². The summed E-state index contributed by atoms with van der Waals surface area (Å²) >= 11 is 1.47. The molecule has 1 aliphatic rings. The maximum absolute atomic E-state index is 4.48. The van der Waals surface area contributed by atoms with Crippen LogP contribution in [0, 0.1) is 0 Å². The molecule has 0 aliphatic carbocycles. The molecule has 0 saturated heterocycles. The second-order valence-corrected chi connectivity index (χ2v) is 4.46. The Balaban J connectivity index is 1.84. The Labute approximate surface area is 103 Å². The van der Waals surface area contributed by atoms with Crippen LogP contribution in [0.1, 0.15) is 5.69 Å². The molecule has 4 nitrogen and oxygen atoms in total. The number of fused-ring (bicyclic) bond motifs is 1.